The summed E-state index contributed by atoms with van der Waals surface area (Å²) in [5, 5.41) is 3.14. The molecule has 0 unspecified atom stereocenters. The highest BCUT2D eigenvalue weighted by molar-refractivity contribution is 5.68. The first-order valence-corrected chi connectivity index (χ1v) is 11.5. The van der Waals surface area contributed by atoms with Crippen molar-refractivity contribution in [3.05, 3.63) is 115 Å². The fourth-order valence-corrected chi connectivity index (χ4v) is 3.69. The highest BCUT2D eigenvalue weighted by Crippen LogP contribution is 2.23. The van der Waals surface area contributed by atoms with Crippen LogP contribution in [0.4, 0.5) is 11.4 Å². The normalized spacial score (nSPS) is 10.3. The zero-order valence-electron chi connectivity index (χ0n) is 20.2. The van der Waals surface area contributed by atoms with Crippen LogP contribution < -0.4 is 11.1 Å². The Kier molecular flexibility index (Phi) is 7.48. The minimum absolute atomic E-state index is 0.645. The average molecular weight is 460 g/mol. The molecule has 5 nitrogen and oxygen atoms in total. The van der Waals surface area contributed by atoms with Crippen molar-refractivity contribution in [3.63, 3.8) is 0 Å². The van der Waals surface area contributed by atoms with Gasteiger partial charge in [-0.1, -0.05) is 78.4 Å². The van der Waals surface area contributed by atoms with E-state index in [1.54, 1.807) is 0 Å². The van der Waals surface area contributed by atoms with Crippen molar-refractivity contribution < 1.29 is 0 Å². The van der Waals surface area contributed by atoms with Crippen molar-refractivity contribution in [1.82, 2.24) is 15.0 Å². The van der Waals surface area contributed by atoms with E-state index in [0.29, 0.717) is 23.2 Å². The number of benzene rings is 4. The molecule has 0 aliphatic heterocycles. The SMILES string of the molecule is CNc1cccc(-c2ccccc2)c1.Cc1cccc(-c2nc(C)nc(-c3cccc(N)c3)n2)c1. The van der Waals surface area contributed by atoms with Crippen LogP contribution >= 0.6 is 0 Å². The van der Waals surface area contributed by atoms with Gasteiger partial charge in [-0.2, -0.15) is 0 Å². The molecule has 0 fully saturated rings. The van der Waals surface area contributed by atoms with E-state index in [0.717, 1.165) is 16.8 Å². The van der Waals surface area contributed by atoms with E-state index in [-0.39, 0.29) is 0 Å². The van der Waals surface area contributed by atoms with E-state index in [2.05, 4.69) is 87.9 Å². The third-order valence-corrected chi connectivity index (χ3v) is 5.43. The molecule has 0 atom stereocenters. The number of rotatable bonds is 4. The van der Waals surface area contributed by atoms with Crippen molar-refractivity contribution in [2.75, 3.05) is 18.1 Å². The highest BCUT2D eigenvalue weighted by atomic mass is 15.0. The van der Waals surface area contributed by atoms with Crippen LogP contribution in [-0.4, -0.2) is 22.0 Å². The molecule has 5 rings (SSSR count). The summed E-state index contributed by atoms with van der Waals surface area (Å²) < 4.78 is 0. The summed E-state index contributed by atoms with van der Waals surface area (Å²) in [6, 6.07) is 34.5. The minimum Gasteiger partial charge on any atom is -0.399 e. The number of nitrogens with one attached hydrogen (secondary N) is 1. The number of aromatic nitrogens is 3. The van der Waals surface area contributed by atoms with Crippen LogP contribution in [0.3, 0.4) is 0 Å². The molecule has 5 aromatic rings. The first-order chi connectivity index (χ1) is 17.0. The second-order valence-corrected chi connectivity index (χ2v) is 8.22. The largest absolute Gasteiger partial charge is 0.399 e. The third kappa shape index (κ3) is 6.30. The molecule has 0 spiro atoms. The van der Waals surface area contributed by atoms with Crippen LogP contribution in [0.15, 0.2) is 103 Å². The molecule has 174 valence electrons. The summed E-state index contributed by atoms with van der Waals surface area (Å²) in [5.74, 6) is 2.02. The van der Waals surface area contributed by atoms with Crippen molar-refractivity contribution in [3.8, 4) is 33.9 Å². The van der Waals surface area contributed by atoms with Crippen LogP contribution in [0.1, 0.15) is 11.4 Å². The minimum atomic E-state index is 0.645. The predicted molar refractivity (Wildman–Crippen MR) is 146 cm³/mol. The molecule has 1 heterocycles. The van der Waals surface area contributed by atoms with Crippen LogP contribution in [-0.2, 0) is 0 Å². The Bertz CT molecular complexity index is 1350. The predicted octanol–water partition coefficient (Wildman–Crippen LogP) is 6.80. The molecule has 0 amide bonds. The van der Waals surface area contributed by atoms with Crippen molar-refractivity contribution in [1.29, 1.82) is 0 Å². The van der Waals surface area contributed by atoms with Crippen LogP contribution in [0.25, 0.3) is 33.9 Å². The van der Waals surface area contributed by atoms with Gasteiger partial charge in [0.05, 0.1) is 0 Å². The Labute approximate surface area is 206 Å². The van der Waals surface area contributed by atoms with Gasteiger partial charge in [0.15, 0.2) is 11.6 Å². The zero-order chi connectivity index (χ0) is 24.6. The number of aryl methyl sites for hydroxylation is 2. The number of nitrogen functional groups attached to an aromatic ring is 1. The lowest BCUT2D eigenvalue weighted by Crippen LogP contribution is -2.00. The number of anilines is 2. The third-order valence-electron chi connectivity index (χ3n) is 5.43. The topological polar surface area (TPSA) is 76.7 Å². The molecule has 0 aliphatic carbocycles. The Morgan fingerprint density at radius 2 is 1.17 bits per heavy atom. The first-order valence-electron chi connectivity index (χ1n) is 11.5. The lowest BCUT2D eigenvalue weighted by atomic mass is 10.1. The second-order valence-electron chi connectivity index (χ2n) is 8.22. The maximum absolute atomic E-state index is 5.83. The monoisotopic (exact) mass is 459 g/mol. The van der Waals surface area contributed by atoms with Crippen LogP contribution in [0.2, 0.25) is 0 Å². The average Bonchev–Trinajstić information content (AvgIpc) is 2.89. The molecule has 0 aliphatic rings. The molecule has 0 saturated heterocycles. The van der Waals surface area contributed by atoms with Gasteiger partial charge in [-0.15, -0.1) is 0 Å². The maximum atomic E-state index is 5.83. The summed E-state index contributed by atoms with van der Waals surface area (Å²) >= 11 is 0. The van der Waals surface area contributed by atoms with Gasteiger partial charge in [0.25, 0.3) is 0 Å². The van der Waals surface area contributed by atoms with Crippen molar-refractivity contribution >= 4 is 11.4 Å². The van der Waals surface area contributed by atoms with Gasteiger partial charge in [0.1, 0.15) is 5.82 Å². The van der Waals surface area contributed by atoms with E-state index in [1.807, 2.05) is 56.4 Å². The number of nitrogens with two attached hydrogens (primary N) is 1. The van der Waals surface area contributed by atoms with Crippen LogP contribution in [0.5, 0.6) is 0 Å². The standard InChI is InChI=1S/C17H16N4.C13H13N/c1-11-5-3-6-13(9-11)16-19-12(2)20-17(21-16)14-7-4-8-15(18)10-14;1-14-13-9-5-8-12(10-13)11-6-3-2-4-7-11/h3-10H,18H2,1-2H3;2-10,14H,1H3. The Morgan fingerprint density at radius 1 is 0.571 bits per heavy atom. The number of hydrogen-bond acceptors (Lipinski definition) is 5. The molecule has 0 saturated carbocycles. The van der Waals surface area contributed by atoms with E-state index in [4.69, 9.17) is 5.73 Å². The zero-order valence-corrected chi connectivity index (χ0v) is 20.2. The molecular weight excluding hydrogens is 430 g/mol. The van der Waals surface area contributed by atoms with E-state index < -0.39 is 0 Å². The summed E-state index contributed by atoms with van der Waals surface area (Å²) in [6.45, 7) is 3.92. The van der Waals surface area contributed by atoms with Gasteiger partial charge in [0.2, 0.25) is 0 Å². The highest BCUT2D eigenvalue weighted by Gasteiger charge is 2.08. The molecule has 1 aromatic heterocycles. The van der Waals surface area contributed by atoms with E-state index in [9.17, 15) is 0 Å². The smallest absolute Gasteiger partial charge is 0.163 e. The quantitative estimate of drug-likeness (QED) is 0.289. The number of nitrogens with zero attached hydrogens (tertiary/aromatic N) is 3. The molecule has 3 N–H and O–H groups in total. The summed E-state index contributed by atoms with van der Waals surface area (Å²) in [7, 11) is 1.93. The lowest BCUT2D eigenvalue weighted by molar-refractivity contribution is 0.991. The van der Waals surface area contributed by atoms with Gasteiger partial charge in [-0.05, 0) is 55.3 Å². The second kappa shape index (κ2) is 11.1. The Balaban J connectivity index is 0.000000179. The molecule has 0 radical (unpaired) electrons. The molecule has 0 bridgehead atoms. The fourth-order valence-electron chi connectivity index (χ4n) is 3.69. The van der Waals surface area contributed by atoms with Crippen LogP contribution in [0, 0.1) is 13.8 Å². The summed E-state index contributed by atoms with van der Waals surface area (Å²) in [6.07, 6.45) is 0. The first kappa shape index (κ1) is 23.6. The lowest BCUT2D eigenvalue weighted by Gasteiger charge is -2.06. The Morgan fingerprint density at radius 3 is 1.83 bits per heavy atom. The molecule has 35 heavy (non-hydrogen) atoms. The van der Waals surface area contributed by atoms with Crippen molar-refractivity contribution in [2.45, 2.75) is 13.8 Å². The van der Waals surface area contributed by atoms with Gasteiger partial charge in [0, 0.05) is 29.5 Å². The molecule has 4 aromatic carbocycles. The molecule has 5 heteroatoms. The van der Waals surface area contributed by atoms with Crippen molar-refractivity contribution in [2.24, 2.45) is 0 Å². The Hall–Kier alpha value is -4.51. The van der Waals surface area contributed by atoms with Gasteiger partial charge >= 0.3 is 0 Å². The number of hydrogen-bond donors (Lipinski definition) is 2. The van der Waals surface area contributed by atoms with E-state index >= 15 is 0 Å². The van der Waals surface area contributed by atoms with Gasteiger partial charge in [-0.3, -0.25) is 0 Å². The summed E-state index contributed by atoms with van der Waals surface area (Å²) in [4.78, 5) is 13.4. The summed E-state index contributed by atoms with van der Waals surface area (Å²) in [5.41, 5.74) is 13.2. The maximum Gasteiger partial charge on any atom is 0.163 e. The fraction of sp³-hybridized carbons (Fsp3) is 0.100. The molecular formula is C30H29N5. The van der Waals surface area contributed by atoms with Gasteiger partial charge < -0.3 is 11.1 Å². The van der Waals surface area contributed by atoms with Gasteiger partial charge in [-0.25, -0.2) is 15.0 Å². The van der Waals surface area contributed by atoms with E-state index in [1.165, 1.54) is 16.7 Å².